The first-order chi connectivity index (χ1) is 11.3. The average molecular weight is 335 g/mol. The molecule has 1 aliphatic carbocycles. The number of fused-ring (bicyclic) bond motifs is 1. The lowest BCUT2D eigenvalue weighted by Gasteiger charge is -2.34. The van der Waals surface area contributed by atoms with Gasteiger partial charge in [-0.15, -0.1) is 0 Å². The van der Waals surface area contributed by atoms with E-state index in [1.165, 1.54) is 0 Å². The van der Waals surface area contributed by atoms with Gasteiger partial charge in [-0.3, -0.25) is 4.79 Å². The fraction of sp³-hybridized carbons (Fsp3) is 0.667. The minimum atomic E-state index is -0.501. The molecule has 3 amide bonds. The van der Waals surface area contributed by atoms with Gasteiger partial charge in [-0.2, -0.15) is 0 Å². The second-order valence-corrected chi connectivity index (χ2v) is 7.50. The Balaban J connectivity index is 1.80. The van der Waals surface area contributed by atoms with Crippen LogP contribution in [0.5, 0.6) is 0 Å². The van der Waals surface area contributed by atoms with Gasteiger partial charge in [0.1, 0.15) is 11.5 Å². The van der Waals surface area contributed by atoms with Crippen molar-refractivity contribution < 1.29 is 14.0 Å². The van der Waals surface area contributed by atoms with Crippen LogP contribution in [0.15, 0.2) is 10.5 Å². The van der Waals surface area contributed by atoms with Gasteiger partial charge in [0.15, 0.2) is 0 Å². The normalized spacial score (nSPS) is 18.7. The molecule has 1 aromatic rings. The number of furan rings is 1. The Morgan fingerprint density at radius 2 is 2.08 bits per heavy atom. The van der Waals surface area contributed by atoms with Crippen molar-refractivity contribution in [2.24, 2.45) is 11.1 Å². The fourth-order valence-corrected chi connectivity index (χ4v) is 3.38. The zero-order valence-corrected chi connectivity index (χ0v) is 14.9. The molecular formula is C18H29N3O3. The predicted molar refractivity (Wildman–Crippen MR) is 92.5 cm³/mol. The molecule has 0 aromatic carbocycles. The number of hydrogen-bond acceptors (Lipinski definition) is 3. The van der Waals surface area contributed by atoms with E-state index in [0.29, 0.717) is 13.0 Å². The largest absolute Gasteiger partial charge is 0.466 e. The number of nitrogens with two attached hydrogens (primary N) is 1. The summed E-state index contributed by atoms with van der Waals surface area (Å²) in [5.41, 5.74) is 6.25. The molecule has 6 nitrogen and oxygen atoms in total. The molecule has 0 bridgehead atoms. The quantitative estimate of drug-likeness (QED) is 0.668. The van der Waals surface area contributed by atoms with E-state index in [2.05, 4.69) is 24.5 Å². The van der Waals surface area contributed by atoms with Crippen molar-refractivity contribution in [3.05, 3.63) is 23.2 Å². The van der Waals surface area contributed by atoms with Crippen LogP contribution in [0.1, 0.15) is 69.1 Å². The number of aryl methyl sites for hydroxylation is 1. The standard InChI is InChI=1S/C18H29N3O3/c1-12-9-13-14(10-18(2,3)11-15(13)24-12)21-16(22)7-5-4-6-8-20-17(19)23/h9,14H,4-8,10-11H2,1-3H3,(H,21,22)(H3,19,20,23)/t14-/m0/s1. The molecule has 1 aliphatic rings. The summed E-state index contributed by atoms with van der Waals surface area (Å²) in [4.78, 5) is 22.8. The Kier molecular flexibility index (Phi) is 5.91. The molecule has 1 aromatic heterocycles. The van der Waals surface area contributed by atoms with Gasteiger partial charge in [0.2, 0.25) is 5.91 Å². The van der Waals surface area contributed by atoms with E-state index >= 15 is 0 Å². The highest BCUT2D eigenvalue weighted by Crippen LogP contribution is 2.42. The van der Waals surface area contributed by atoms with Gasteiger partial charge in [0.25, 0.3) is 0 Å². The predicted octanol–water partition coefficient (Wildman–Crippen LogP) is 2.95. The minimum absolute atomic E-state index is 0.0326. The Bertz CT molecular complexity index is 592. The lowest BCUT2D eigenvalue weighted by atomic mass is 9.74. The van der Waals surface area contributed by atoms with E-state index in [9.17, 15) is 9.59 Å². The van der Waals surface area contributed by atoms with Crippen molar-refractivity contribution in [1.29, 1.82) is 0 Å². The molecule has 0 saturated carbocycles. The number of urea groups is 1. The third kappa shape index (κ3) is 5.28. The maximum Gasteiger partial charge on any atom is 0.312 e. The lowest BCUT2D eigenvalue weighted by Crippen LogP contribution is -2.35. The zero-order chi connectivity index (χ0) is 17.7. The summed E-state index contributed by atoms with van der Waals surface area (Å²) in [6, 6.07) is 1.58. The SMILES string of the molecule is Cc1cc2c(o1)CC(C)(C)C[C@@H]2NC(=O)CCCCCNC(N)=O. The molecular weight excluding hydrogens is 306 g/mol. The van der Waals surface area contributed by atoms with Crippen molar-refractivity contribution >= 4 is 11.9 Å². The fourth-order valence-electron chi connectivity index (χ4n) is 3.38. The van der Waals surface area contributed by atoms with Crippen LogP contribution < -0.4 is 16.4 Å². The number of unbranched alkanes of at least 4 members (excludes halogenated alkanes) is 2. The summed E-state index contributed by atoms with van der Waals surface area (Å²) < 4.78 is 5.80. The first-order valence-corrected chi connectivity index (χ1v) is 8.69. The smallest absolute Gasteiger partial charge is 0.312 e. The second-order valence-electron chi connectivity index (χ2n) is 7.50. The van der Waals surface area contributed by atoms with Crippen molar-refractivity contribution in [3.63, 3.8) is 0 Å². The van der Waals surface area contributed by atoms with Crippen LogP contribution >= 0.6 is 0 Å². The van der Waals surface area contributed by atoms with Crippen LogP contribution in [0.2, 0.25) is 0 Å². The maximum absolute atomic E-state index is 12.2. The summed E-state index contributed by atoms with van der Waals surface area (Å²) in [5.74, 6) is 1.98. The molecule has 0 radical (unpaired) electrons. The third-order valence-electron chi connectivity index (χ3n) is 4.45. The molecule has 0 aliphatic heterocycles. The zero-order valence-electron chi connectivity index (χ0n) is 14.9. The highest BCUT2D eigenvalue weighted by Gasteiger charge is 2.35. The van der Waals surface area contributed by atoms with E-state index in [-0.39, 0.29) is 17.4 Å². The molecule has 0 fully saturated rings. The van der Waals surface area contributed by atoms with Gasteiger partial charge in [0, 0.05) is 24.9 Å². The number of nitrogens with one attached hydrogen (secondary N) is 2. The van der Waals surface area contributed by atoms with Crippen LogP contribution in [0, 0.1) is 12.3 Å². The Hall–Kier alpha value is -1.98. The van der Waals surface area contributed by atoms with Crippen LogP contribution in [0.3, 0.4) is 0 Å². The highest BCUT2D eigenvalue weighted by molar-refractivity contribution is 5.76. The van der Waals surface area contributed by atoms with Crippen molar-refractivity contribution in [2.75, 3.05) is 6.54 Å². The number of rotatable bonds is 7. The van der Waals surface area contributed by atoms with Crippen LogP contribution in [-0.4, -0.2) is 18.5 Å². The average Bonchev–Trinajstić information content (AvgIpc) is 2.81. The summed E-state index contributed by atoms with van der Waals surface area (Å²) >= 11 is 0. The molecule has 4 N–H and O–H groups in total. The molecule has 0 unspecified atom stereocenters. The van der Waals surface area contributed by atoms with E-state index in [0.717, 1.165) is 49.2 Å². The molecule has 1 heterocycles. The van der Waals surface area contributed by atoms with Gasteiger partial charge in [-0.25, -0.2) is 4.79 Å². The van der Waals surface area contributed by atoms with Gasteiger partial charge in [0.05, 0.1) is 6.04 Å². The second kappa shape index (κ2) is 7.73. The molecule has 0 spiro atoms. The van der Waals surface area contributed by atoms with Crippen molar-refractivity contribution in [3.8, 4) is 0 Å². The summed E-state index contributed by atoms with van der Waals surface area (Å²) in [6.07, 6.45) is 4.86. The first kappa shape index (κ1) is 18.4. The summed E-state index contributed by atoms with van der Waals surface area (Å²) in [5, 5.41) is 5.71. The van der Waals surface area contributed by atoms with Crippen LogP contribution in [0.4, 0.5) is 4.79 Å². The Morgan fingerprint density at radius 1 is 1.33 bits per heavy atom. The summed E-state index contributed by atoms with van der Waals surface area (Å²) in [6.45, 7) is 6.92. The Labute approximate surface area is 143 Å². The molecule has 2 rings (SSSR count). The molecule has 6 heteroatoms. The lowest BCUT2D eigenvalue weighted by molar-refractivity contribution is -0.122. The van der Waals surface area contributed by atoms with E-state index in [1.807, 2.05) is 13.0 Å². The first-order valence-electron chi connectivity index (χ1n) is 8.69. The Morgan fingerprint density at radius 3 is 2.79 bits per heavy atom. The van der Waals surface area contributed by atoms with Gasteiger partial charge < -0.3 is 20.8 Å². The van der Waals surface area contributed by atoms with Gasteiger partial charge in [-0.1, -0.05) is 20.3 Å². The molecule has 0 saturated heterocycles. The molecule has 134 valence electrons. The number of primary amides is 1. The molecule has 24 heavy (non-hydrogen) atoms. The van der Waals surface area contributed by atoms with Gasteiger partial charge in [-0.05, 0) is 37.7 Å². The maximum atomic E-state index is 12.2. The summed E-state index contributed by atoms with van der Waals surface area (Å²) in [7, 11) is 0. The van der Waals surface area contributed by atoms with E-state index in [1.54, 1.807) is 0 Å². The minimum Gasteiger partial charge on any atom is -0.466 e. The monoisotopic (exact) mass is 335 g/mol. The van der Waals surface area contributed by atoms with Gasteiger partial charge >= 0.3 is 6.03 Å². The number of amides is 3. The number of hydrogen-bond donors (Lipinski definition) is 3. The van der Waals surface area contributed by atoms with Crippen LogP contribution in [0.25, 0.3) is 0 Å². The number of carbonyl (C=O) groups is 2. The molecule has 1 atom stereocenters. The topological polar surface area (TPSA) is 97.4 Å². The van der Waals surface area contributed by atoms with Crippen molar-refractivity contribution in [2.45, 2.75) is 65.3 Å². The van der Waals surface area contributed by atoms with E-state index in [4.69, 9.17) is 10.2 Å². The third-order valence-corrected chi connectivity index (χ3v) is 4.45. The van der Waals surface area contributed by atoms with Crippen LogP contribution in [-0.2, 0) is 11.2 Å². The van der Waals surface area contributed by atoms with E-state index < -0.39 is 6.03 Å². The highest BCUT2D eigenvalue weighted by atomic mass is 16.3. The van der Waals surface area contributed by atoms with Crippen molar-refractivity contribution in [1.82, 2.24) is 10.6 Å². The number of carbonyl (C=O) groups excluding carboxylic acids is 2.